The topological polar surface area (TPSA) is 69.2 Å². The molecule has 2 aliphatic heterocycles. The van der Waals surface area contributed by atoms with E-state index < -0.39 is 0 Å². The summed E-state index contributed by atoms with van der Waals surface area (Å²) < 4.78 is 5.51. The van der Waals surface area contributed by atoms with Crippen molar-refractivity contribution in [1.82, 2.24) is 20.4 Å². The summed E-state index contributed by atoms with van der Waals surface area (Å²) in [4.78, 5) is 22.0. The minimum atomic E-state index is 0.246. The Morgan fingerprint density at radius 3 is 2.59 bits per heavy atom. The number of fused-ring (bicyclic) bond motifs is 1. The molecule has 2 aliphatic rings. The lowest BCUT2D eigenvalue weighted by atomic mass is 9.99. The standard InChI is InChI=1S/C25H41N5O2/c1-4-26-25(28-18-23(20(2)3)29-14-16-32-17-15-29)27-12-7-10-24(31)30-13-11-21-8-5-6-9-22(21)19-30/h5-6,8-9,20,23H,4,7,10-19H2,1-3H3,(H2,26,27,28). The number of benzene rings is 1. The van der Waals surface area contributed by atoms with E-state index in [1.54, 1.807) is 0 Å². The van der Waals surface area contributed by atoms with E-state index in [9.17, 15) is 4.79 Å². The molecule has 0 bridgehead atoms. The molecule has 1 fully saturated rings. The van der Waals surface area contributed by atoms with Gasteiger partial charge in [0.1, 0.15) is 0 Å². The molecule has 7 heteroatoms. The highest BCUT2D eigenvalue weighted by molar-refractivity contribution is 5.80. The van der Waals surface area contributed by atoms with Crippen LogP contribution in [0.3, 0.4) is 0 Å². The highest BCUT2D eigenvalue weighted by atomic mass is 16.5. The van der Waals surface area contributed by atoms with Crippen LogP contribution >= 0.6 is 0 Å². The second-order valence-corrected chi connectivity index (χ2v) is 9.04. The number of aliphatic imine (C=N–C) groups is 1. The summed E-state index contributed by atoms with van der Waals surface area (Å²) in [5.41, 5.74) is 2.66. The summed E-state index contributed by atoms with van der Waals surface area (Å²) in [6.45, 7) is 14.1. The number of nitrogens with zero attached hydrogens (tertiary/aromatic N) is 3. The summed E-state index contributed by atoms with van der Waals surface area (Å²) in [5, 5.41) is 6.76. The van der Waals surface area contributed by atoms with Gasteiger partial charge in [-0.25, -0.2) is 0 Å². The maximum absolute atomic E-state index is 12.7. The minimum absolute atomic E-state index is 0.246. The maximum Gasteiger partial charge on any atom is 0.222 e. The van der Waals surface area contributed by atoms with Crippen LogP contribution in [0.25, 0.3) is 0 Å². The highest BCUT2D eigenvalue weighted by Gasteiger charge is 2.24. The van der Waals surface area contributed by atoms with E-state index in [1.807, 2.05) is 4.90 Å². The molecule has 0 spiro atoms. The molecule has 2 heterocycles. The fraction of sp³-hybridized carbons (Fsp3) is 0.680. The predicted molar refractivity (Wildman–Crippen MR) is 130 cm³/mol. The smallest absolute Gasteiger partial charge is 0.222 e. The second kappa shape index (κ2) is 12.8. The number of hydrogen-bond donors (Lipinski definition) is 2. The average Bonchev–Trinajstić information content (AvgIpc) is 2.81. The molecule has 1 aromatic rings. The Balaban J connectivity index is 1.43. The van der Waals surface area contributed by atoms with E-state index >= 15 is 0 Å². The van der Waals surface area contributed by atoms with Crippen molar-refractivity contribution in [2.24, 2.45) is 10.9 Å². The summed E-state index contributed by atoms with van der Waals surface area (Å²) in [7, 11) is 0. The Labute approximate surface area is 193 Å². The molecular formula is C25H41N5O2. The predicted octanol–water partition coefficient (Wildman–Crippen LogP) is 2.26. The molecule has 0 saturated carbocycles. The van der Waals surface area contributed by atoms with Crippen molar-refractivity contribution < 1.29 is 9.53 Å². The first-order valence-corrected chi connectivity index (χ1v) is 12.3. The van der Waals surface area contributed by atoms with E-state index in [-0.39, 0.29) is 5.91 Å². The van der Waals surface area contributed by atoms with Crippen molar-refractivity contribution in [2.45, 2.75) is 52.6 Å². The number of carbonyl (C=O) groups is 1. The summed E-state index contributed by atoms with van der Waals surface area (Å²) in [5.74, 6) is 1.62. The van der Waals surface area contributed by atoms with Crippen LogP contribution in [0.5, 0.6) is 0 Å². The molecule has 1 unspecified atom stereocenters. The van der Waals surface area contributed by atoms with E-state index in [0.717, 1.165) is 77.8 Å². The Morgan fingerprint density at radius 1 is 1.12 bits per heavy atom. The van der Waals surface area contributed by atoms with Gasteiger partial charge in [-0.3, -0.25) is 14.7 Å². The summed E-state index contributed by atoms with van der Waals surface area (Å²) >= 11 is 0. The zero-order valence-electron chi connectivity index (χ0n) is 20.1. The van der Waals surface area contributed by atoms with Crippen molar-refractivity contribution in [1.29, 1.82) is 0 Å². The Hall–Kier alpha value is -2.12. The Morgan fingerprint density at radius 2 is 1.88 bits per heavy atom. The molecule has 32 heavy (non-hydrogen) atoms. The van der Waals surface area contributed by atoms with Gasteiger partial charge < -0.3 is 20.3 Å². The maximum atomic E-state index is 12.7. The van der Waals surface area contributed by atoms with Gasteiger partial charge in [-0.1, -0.05) is 38.1 Å². The van der Waals surface area contributed by atoms with Gasteiger partial charge in [0.15, 0.2) is 5.96 Å². The molecule has 7 nitrogen and oxygen atoms in total. The Kier molecular flexibility index (Phi) is 9.81. The van der Waals surface area contributed by atoms with E-state index in [2.05, 4.69) is 60.6 Å². The van der Waals surface area contributed by atoms with Crippen LogP contribution in [-0.4, -0.2) is 80.2 Å². The van der Waals surface area contributed by atoms with Crippen LogP contribution < -0.4 is 10.6 Å². The lowest BCUT2D eigenvalue weighted by Gasteiger charge is -2.36. The lowest BCUT2D eigenvalue weighted by molar-refractivity contribution is -0.132. The first kappa shape index (κ1) is 24.5. The van der Waals surface area contributed by atoms with Gasteiger partial charge in [-0.05, 0) is 36.8 Å². The lowest BCUT2D eigenvalue weighted by Crippen LogP contribution is -2.48. The number of rotatable bonds is 9. The zero-order chi connectivity index (χ0) is 22.8. The van der Waals surface area contributed by atoms with Gasteiger partial charge in [0.05, 0.1) is 19.8 Å². The number of carbonyl (C=O) groups excluding carboxylic acids is 1. The molecule has 1 amide bonds. The van der Waals surface area contributed by atoms with Crippen LogP contribution in [-0.2, 0) is 22.5 Å². The van der Waals surface area contributed by atoms with E-state index in [4.69, 9.17) is 9.73 Å². The highest BCUT2D eigenvalue weighted by Crippen LogP contribution is 2.19. The first-order valence-electron chi connectivity index (χ1n) is 12.3. The largest absolute Gasteiger partial charge is 0.379 e. The SMILES string of the molecule is CCNC(=NCC(C(C)C)N1CCOCC1)NCCCC(=O)N1CCc2ccccc2C1. The molecule has 1 aromatic carbocycles. The van der Waals surface area contributed by atoms with Gasteiger partial charge in [0, 0.05) is 51.7 Å². The van der Waals surface area contributed by atoms with Crippen molar-refractivity contribution in [2.75, 3.05) is 52.5 Å². The summed E-state index contributed by atoms with van der Waals surface area (Å²) in [6.07, 6.45) is 2.33. The first-order chi connectivity index (χ1) is 15.6. The van der Waals surface area contributed by atoms with Crippen LogP contribution in [0.1, 0.15) is 44.7 Å². The van der Waals surface area contributed by atoms with Gasteiger partial charge in [0.2, 0.25) is 5.91 Å². The third-order valence-electron chi connectivity index (χ3n) is 6.41. The molecule has 0 radical (unpaired) electrons. The summed E-state index contributed by atoms with van der Waals surface area (Å²) in [6, 6.07) is 8.86. The van der Waals surface area contributed by atoms with E-state index in [1.165, 1.54) is 11.1 Å². The van der Waals surface area contributed by atoms with Crippen LogP contribution in [0.15, 0.2) is 29.3 Å². The molecule has 2 N–H and O–H groups in total. The number of ether oxygens (including phenoxy) is 1. The number of guanidine groups is 1. The monoisotopic (exact) mass is 443 g/mol. The number of nitrogens with one attached hydrogen (secondary N) is 2. The molecule has 0 aromatic heterocycles. The molecule has 0 aliphatic carbocycles. The van der Waals surface area contributed by atoms with Gasteiger partial charge in [-0.2, -0.15) is 0 Å². The van der Waals surface area contributed by atoms with E-state index in [0.29, 0.717) is 18.4 Å². The molecule has 178 valence electrons. The molecule has 1 atom stereocenters. The molecule has 1 saturated heterocycles. The van der Waals surface area contributed by atoms with Crippen LogP contribution in [0.4, 0.5) is 0 Å². The fourth-order valence-corrected chi connectivity index (χ4v) is 4.50. The van der Waals surface area contributed by atoms with Crippen molar-refractivity contribution in [3.63, 3.8) is 0 Å². The third kappa shape index (κ3) is 7.20. The number of morpholine rings is 1. The van der Waals surface area contributed by atoms with Crippen molar-refractivity contribution >= 4 is 11.9 Å². The second-order valence-electron chi connectivity index (χ2n) is 9.04. The zero-order valence-corrected chi connectivity index (χ0v) is 20.1. The number of hydrogen-bond acceptors (Lipinski definition) is 4. The average molecular weight is 444 g/mol. The van der Waals surface area contributed by atoms with Crippen LogP contribution in [0, 0.1) is 5.92 Å². The van der Waals surface area contributed by atoms with Gasteiger partial charge >= 0.3 is 0 Å². The third-order valence-corrected chi connectivity index (χ3v) is 6.41. The Bertz CT molecular complexity index is 746. The fourth-order valence-electron chi connectivity index (χ4n) is 4.50. The quantitative estimate of drug-likeness (QED) is 0.348. The van der Waals surface area contributed by atoms with Crippen molar-refractivity contribution in [3.8, 4) is 0 Å². The molecular weight excluding hydrogens is 402 g/mol. The van der Waals surface area contributed by atoms with Gasteiger partial charge in [0.25, 0.3) is 0 Å². The van der Waals surface area contributed by atoms with Crippen molar-refractivity contribution in [3.05, 3.63) is 35.4 Å². The minimum Gasteiger partial charge on any atom is -0.379 e. The normalized spacial score (nSPS) is 18.4. The van der Waals surface area contributed by atoms with Gasteiger partial charge in [-0.15, -0.1) is 0 Å². The van der Waals surface area contributed by atoms with Crippen LogP contribution in [0.2, 0.25) is 0 Å². The number of amides is 1. The molecule has 3 rings (SSSR count).